The Morgan fingerprint density at radius 1 is 1.21 bits per heavy atom. The molecule has 3 heteroatoms. The van der Waals surface area contributed by atoms with Crippen molar-refractivity contribution in [1.82, 2.24) is 4.90 Å². The molecular formula is C16H26FNO. The van der Waals surface area contributed by atoms with Gasteiger partial charge in [0.15, 0.2) is 0 Å². The number of benzene rings is 1. The smallest absolute Gasteiger partial charge is 0.126 e. The molecule has 0 aromatic heterocycles. The first-order valence-corrected chi connectivity index (χ1v) is 7.21. The van der Waals surface area contributed by atoms with E-state index >= 15 is 0 Å². The summed E-state index contributed by atoms with van der Waals surface area (Å²) in [6.45, 7) is 9.57. The lowest BCUT2D eigenvalue weighted by molar-refractivity contribution is 0.159. The molecule has 0 aliphatic carbocycles. The van der Waals surface area contributed by atoms with Crippen LogP contribution >= 0.6 is 0 Å². The van der Waals surface area contributed by atoms with E-state index in [1.54, 1.807) is 6.07 Å². The molecular weight excluding hydrogens is 241 g/mol. The van der Waals surface area contributed by atoms with Gasteiger partial charge in [-0.2, -0.15) is 0 Å². The van der Waals surface area contributed by atoms with Gasteiger partial charge in [0.1, 0.15) is 11.6 Å². The second-order valence-corrected chi connectivity index (χ2v) is 5.42. The van der Waals surface area contributed by atoms with Gasteiger partial charge >= 0.3 is 0 Å². The summed E-state index contributed by atoms with van der Waals surface area (Å²) in [5, 5.41) is 9.90. The second-order valence-electron chi connectivity index (χ2n) is 5.42. The predicted octanol–water partition coefficient (Wildman–Crippen LogP) is 4.49. The number of phenols is 1. The lowest BCUT2D eigenvalue weighted by atomic mass is 10.0. The molecule has 0 fully saturated rings. The van der Waals surface area contributed by atoms with Crippen molar-refractivity contribution >= 4 is 0 Å². The molecule has 108 valence electrons. The van der Waals surface area contributed by atoms with Crippen molar-refractivity contribution in [3.05, 3.63) is 29.6 Å². The van der Waals surface area contributed by atoms with E-state index < -0.39 is 5.82 Å². The highest BCUT2D eigenvalue weighted by Crippen LogP contribution is 2.30. The highest BCUT2D eigenvalue weighted by Gasteiger charge is 2.20. The normalized spacial score (nSPS) is 13.2. The van der Waals surface area contributed by atoms with Crippen LogP contribution in [0.5, 0.6) is 5.75 Å². The van der Waals surface area contributed by atoms with Crippen molar-refractivity contribution < 1.29 is 9.50 Å². The summed E-state index contributed by atoms with van der Waals surface area (Å²) in [5.74, 6) is -0.343. The van der Waals surface area contributed by atoms with Crippen molar-refractivity contribution in [3.63, 3.8) is 0 Å². The fraction of sp³-hybridized carbons (Fsp3) is 0.625. The van der Waals surface area contributed by atoms with E-state index in [-0.39, 0.29) is 11.8 Å². The van der Waals surface area contributed by atoms with Crippen LogP contribution in [0.4, 0.5) is 4.39 Å². The van der Waals surface area contributed by atoms with Crippen LogP contribution in [-0.2, 0) is 0 Å². The molecule has 0 heterocycles. The van der Waals surface area contributed by atoms with E-state index in [9.17, 15) is 9.50 Å². The zero-order valence-corrected chi connectivity index (χ0v) is 12.5. The predicted molar refractivity (Wildman–Crippen MR) is 77.8 cm³/mol. The van der Waals surface area contributed by atoms with Gasteiger partial charge in [0.05, 0.1) is 0 Å². The molecule has 0 radical (unpaired) electrons. The lowest BCUT2D eigenvalue weighted by Gasteiger charge is -2.33. The van der Waals surface area contributed by atoms with Crippen molar-refractivity contribution in [2.75, 3.05) is 6.54 Å². The van der Waals surface area contributed by atoms with Gasteiger partial charge < -0.3 is 5.11 Å². The Kier molecular flexibility index (Phi) is 6.29. The largest absolute Gasteiger partial charge is 0.508 e. The first kappa shape index (κ1) is 16.0. The van der Waals surface area contributed by atoms with Crippen LogP contribution < -0.4 is 0 Å². The molecule has 1 aromatic rings. The molecule has 2 nitrogen and oxygen atoms in total. The highest BCUT2D eigenvalue weighted by molar-refractivity contribution is 5.35. The average Bonchev–Trinajstić information content (AvgIpc) is 2.33. The molecule has 0 saturated carbocycles. The third-order valence-corrected chi connectivity index (χ3v) is 3.62. The molecule has 0 aliphatic heterocycles. The van der Waals surface area contributed by atoms with E-state index in [4.69, 9.17) is 0 Å². The number of phenolic OH excluding ortho intramolecular Hbond substituents is 1. The van der Waals surface area contributed by atoms with E-state index in [2.05, 4.69) is 32.6 Å². The van der Waals surface area contributed by atoms with Gasteiger partial charge in [-0.1, -0.05) is 25.8 Å². The number of hydrogen-bond acceptors (Lipinski definition) is 2. The number of unbranched alkanes of at least 4 members (excludes halogenated alkanes) is 2. The van der Waals surface area contributed by atoms with Crippen molar-refractivity contribution in [3.8, 4) is 5.75 Å². The number of rotatable bonds is 7. The number of nitrogens with zero attached hydrogens (tertiary/aromatic N) is 1. The quantitative estimate of drug-likeness (QED) is 0.736. The molecule has 1 unspecified atom stereocenters. The standard InChI is InChI=1S/C16H26FNO/c1-5-6-7-10-18(12(2)3)13(4)15-9-8-14(17)11-16(15)19/h8-9,11-13,19H,5-7,10H2,1-4H3. The van der Waals surface area contributed by atoms with Crippen LogP contribution in [0.25, 0.3) is 0 Å². The Morgan fingerprint density at radius 3 is 2.42 bits per heavy atom. The summed E-state index contributed by atoms with van der Waals surface area (Å²) in [4.78, 5) is 2.35. The molecule has 1 N–H and O–H groups in total. The zero-order chi connectivity index (χ0) is 14.4. The van der Waals surface area contributed by atoms with Gasteiger partial charge in [-0.05, 0) is 39.8 Å². The first-order valence-electron chi connectivity index (χ1n) is 7.21. The Bertz CT molecular complexity index is 392. The van der Waals surface area contributed by atoms with Gasteiger partial charge in [-0.15, -0.1) is 0 Å². The molecule has 1 aromatic carbocycles. The van der Waals surface area contributed by atoms with E-state index in [1.165, 1.54) is 25.0 Å². The fourth-order valence-corrected chi connectivity index (χ4v) is 2.49. The minimum atomic E-state index is -0.393. The highest BCUT2D eigenvalue weighted by atomic mass is 19.1. The molecule has 0 aliphatic rings. The van der Waals surface area contributed by atoms with Crippen molar-refractivity contribution in [2.45, 2.75) is 59.0 Å². The van der Waals surface area contributed by atoms with Crippen LogP contribution in [0, 0.1) is 5.82 Å². The summed E-state index contributed by atoms with van der Waals surface area (Å²) in [6, 6.07) is 4.78. The van der Waals surface area contributed by atoms with Crippen LogP contribution in [0.1, 0.15) is 58.6 Å². The number of hydrogen-bond donors (Lipinski definition) is 1. The summed E-state index contributed by atoms with van der Waals surface area (Å²) in [6.07, 6.45) is 3.56. The van der Waals surface area contributed by atoms with E-state index in [0.717, 1.165) is 18.5 Å². The monoisotopic (exact) mass is 267 g/mol. The maximum Gasteiger partial charge on any atom is 0.126 e. The van der Waals surface area contributed by atoms with Gasteiger partial charge in [-0.3, -0.25) is 4.90 Å². The molecule has 0 bridgehead atoms. The Labute approximate surface area is 116 Å². The number of aromatic hydroxyl groups is 1. The molecule has 1 rings (SSSR count). The minimum absolute atomic E-state index is 0.0497. The average molecular weight is 267 g/mol. The maximum absolute atomic E-state index is 13.0. The SMILES string of the molecule is CCCCCN(C(C)C)C(C)c1ccc(F)cc1O. The van der Waals surface area contributed by atoms with Crippen molar-refractivity contribution in [2.24, 2.45) is 0 Å². The third kappa shape index (κ3) is 4.50. The molecule has 19 heavy (non-hydrogen) atoms. The van der Waals surface area contributed by atoms with Crippen LogP contribution in [0.3, 0.4) is 0 Å². The Morgan fingerprint density at radius 2 is 1.89 bits per heavy atom. The molecule has 0 spiro atoms. The van der Waals surface area contributed by atoms with Crippen molar-refractivity contribution in [1.29, 1.82) is 0 Å². The lowest BCUT2D eigenvalue weighted by Crippen LogP contribution is -2.34. The van der Waals surface area contributed by atoms with E-state index in [1.807, 2.05) is 0 Å². The van der Waals surface area contributed by atoms with Gasteiger partial charge in [0.2, 0.25) is 0 Å². The minimum Gasteiger partial charge on any atom is -0.508 e. The Hall–Kier alpha value is -1.09. The van der Waals surface area contributed by atoms with Gasteiger partial charge in [0, 0.05) is 23.7 Å². The zero-order valence-electron chi connectivity index (χ0n) is 12.5. The summed E-state index contributed by atoms with van der Waals surface area (Å²) in [7, 11) is 0. The van der Waals surface area contributed by atoms with Crippen LogP contribution in [0.15, 0.2) is 18.2 Å². The summed E-state index contributed by atoms with van der Waals surface area (Å²) >= 11 is 0. The fourth-order valence-electron chi connectivity index (χ4n) is 2.49. The maximum atomic E-state index is 13.0. The first-order chi connectivity index (χ1) is 8.97. The molecule has 1 atom stereocenters. The third-order valence-electron chi connectivity index (χ3n) is 3.62. The van der Waals surface area contributed by atoms with Gasteiger partial charge in [-0.25, -0.2) is 4.39 Å². The second kappa shape index (κ2) is 7.49. The van der Waals surface area contributed by atoms with Gasteiger partial charge in [0.25, 0.3) is 0 Å². The van der Waals surface area contributed by atoms with E-state index in [0.29, 0.717) is 6.04 Å². The summed E-state index contributed by atoms with van der Waals surface area (Å²) < 4.78 is 13.0. The van der Waals surface area contributed by atoms with Crippen LogP contribution in [-0.4, -0.2) is 22.6 Å². The number of halogens is 1. The molecule has 0 saturated heterocycles. The molecule has 0 amide bonds. The van der Waals surface area contributed by atoms with Crippen LogP contribution in [0.2, 0.25) is 0 Å². The topological polar surface area (TPSA) is 23.5 Å². The summed E-state index contributed by atoms with van der Waals surface area (Å²) in [5.41, 5.74) is 0.798. The Balaban J connectivity index is 2.83.